The van der Waals surface area contributed by atoms with Crippen LogP contribution in [0.15, 0.2) is 60.3 Å². The molecule has 0 fully saturated rings. The van der Waals surface area contributed by atoms with Gasteiger partial charge in [0.05, 0.1) is 7.11 Å². The molecule has 0 aliphatic carbocycles. The molecule has 5 nitrogen and oxygen atoms in total. The van der Waals surface area contributed by atoms with Gasteiger partial charge in [-0.3, -0.25) is 0 Å². The monoisotopic (exact) mass is 305 g/mol. The minimum Gasteiger partial charge on any atom is -0.497 e. The second-order valence-corrected chi connectivity index (χ2v) is 4.59. The van der Waals surface area contributed by atoms with Gasteiger partial charge in [-0.05, 0) is 42.0 Å². The van der Waals surface area contributed by atoms with Crippen molar-refractivity contribution in [3.05, 3.63) is 65.9 Å². The summed E-state index contributed by atoms with van der Waals surface area (Å²) in [5.74, 6) is 1.53. The highest BCUT2D eigenvalue weighted by Gasteiger charge is 1.99. The Morgan fingerprint density at radius 3 is 2.43 bits per heavy atom. The van der Waals surface area contributed by atoms with Crippen LogP contribution in [0.5, 0.6) is 11.5 Å². The third kappa shape index (κ3) is 4.80. The van der Waals surface area contributed by atoms with Gasteiger partial charge in [-0.15, -0.1) is 0 Å². The van der Waals surface area contributed by atoms with E-state index in [2.05, 4.69) is 5.32 Å². The van der Waals surface area contributed by atoms with E-state index in [9.17, 15) is 0 Å². The van der Waals surface area contributed by atoms with Gasteiger partial charge in [0.25, 0.3) is 0 Å². The van der Waals surface area contributed by atoms with Crippen molar-refractivity contribution in [2.24, 2.45) is 0 Å². The number of hydrogen-bond acceptors (Lipinski definition) is 5. The van der Waals surface area contributed by atoms with Crippen LogP contribution in [0.1, 0.15) is 5.56 Å². The Bertz CT molecular complexity index is 752. The van der Waals surface area contributed by atoms with Crippen molar-refractivity contribution in [3.63, 3.8) is 0 Å². The Morgan fingerprint density at radius 2 is 1.78 bits per heavy atom. The minimum absolute atomic E-state index is 0.0184. The van der Waals surface area contributed by atoms with Crippen molar-refractivity contribution in [1.29, 1.82) is 10.5 Å². The summed E-state index contributed by atoms with van der Waals surface area (Å²) in [7, 11) is 1.62. The van der Waals surface area contributed by atoms with E-state index in [1.807, 2.05) is 48.5 Å². The predicted octanol–water partition coefficient (Wildman–Crippen LogP) is 3.62. The molecular weight excluding hydrogens is 290 g/mol. The third-order valence-electron chi connectivity index (χ3n) is 3.02. The van der Waals surface area contributed by atoms with E-state index >= 15 is 0 Å². The molecule has 0 amide bonds. The number of nitrogens with zero attached hydrogens (tertiary/aromatic N) is 2. The van der Waals surface area contributed by atoms with E-state index in [0.29, 0.717) is 6.61 Å². The number of nitriles is 2. The molecule has 114 valence electrons. The van der Waals surface area contributed by atoms with E-state index < -0.39 is 0 Å². The zero-order chi connectivity index (χ0) is 16.5. The van der Waals surface area contributed by atoms with Gasteiger partial charge in [-0.1, -0.05) is 12.1 Å². The number of rotatable bonds is 6. The van der Waals surface area contributed by atoms with Gasteiger partial charge in [-0.25, -0.2) is 0 Å². The fourth-order valence-electron chi connectivity index (χ4n) is 1.83. The van der Waals surface area contributed by atoms with E-state index in [1.165, 1.54) is 6.20 Å². The lowest BCUT2D eigenvalue weighted by atomic mass is 10.2. The summed E-state index contributed by atoms with van der Waals surface area (Å²) in [6.45, 7) is 0.412. The van der Waals surface area contributed by atoms with Crippen molar-refractivity contribution < 1.29 is 9.47 Å². The number of benzene rings is 2. The highest BCUT2D eigenvalue weighted by atomic mass is 16.5. The largest absolute Gasteiger partial charge is 0.497 e. The van der Waals surface area contributed by atoms with Crippen molar-refractivity contribution in [2.45, 2.75) is 6.61 Å². The lowest BCUT2D eigenvalue weighted by molar-refractivity contribution is 0.305. The Labute approximate surface area is 135 Å². The fourth-order valence-corrected chi connectivity index (χ4v) is 1.83. The second-order valence-electron chi connectivity index (χ2n) is 4.59. The van der Waals surface area contributed by atoms with Crippen LogP contribution < -0.4 is 14.8 Å². The van der Waals surface area contributed by atoms with Crippen molar-refractivity contribution >= 4 is 5.69 Å². The minimum atomic E-state index is 0.0184. The summed E-state index contributed by atoms with van der Waals surface area (Å²) in [5, 5.41) is 20.3. The molecule has 0 aliphatic rings. The van der Waals surface area contributed by atoms with Crippen molar-refractivity contribution in [3.8, 4) is 23.6 Å². The van der Waals surface area contributed by atoms with Gasteiger partial charge in [-0.2, -0.15) is 10.5 Å². The summed E-state index contributed by atoms with van der Waals surface area (Å²) >= 11 is 0. The lowest BCUT2D eigenvalue weighted by Crippen LogP contribution is -1.97. The average Bonchev–Trinajstić information content (AvgIpc) is 2.61. The topological polar surface area (TPSA) is 78.1 Å². The van der Waals surface area contributed by atoms with Crippen LogP contribution in [0.3, 0.4) is 0 Å². The molecule has 2 rings (SSSR count). The van der Waals surface area contributed by atoms with Crippen LogP contribution >= 0.6 is 0 Å². The number of methoxy groups -OCH3 is 1. The molecule has 0 radical (unpaired) electrons. The van der Waals surface area contributed by atoms with E-state index in [1.54, 1.807) is 19.2 Å². The first kappa shape index (κ1) is 15.9. The van der Waals surface area contributed by atoms with Crippen molar-refractivity contribution in [2.75, 3.05) is 12.4 Å². The molecule has 0 saturated heterocycles. The molecule has 5 heteroatoms. The first-order chi connectivity index (χ1) is 11.2. The Balaban J connectivity index is 1.98. The predicted molar refractivity (Wildman–Crippen MR) is 86.7 cm³/mol. The summed E-state index contributed by atoms with van der Waals surface area (Å²) in [5.41, 5.74) is 1.77. The standard InChI is InChI=1S/C18H15N3O2/c1-22-17-5-7-18(8-6-17)23-13-14-3-2-4-16(9-14)21-12-15(10-19)11-20/h2-9,12,21H,13H2,1H3. The molecule has 0 atom stereocenters. The highest BCUT2D eigenvalue weighted by molar-refractivity contribution is 5.50. The normalized spacial score (nSPS) is 9.17. The first-order valence-electron chi connectivity index (χ1n) is 6.88. The number of anilines is 1. The zero-order valence-corrected chi connectivity index (χ0v) is 12.6. The Kier molecular flexibility index (Phi) is 5.62. The van der Waals surface area contributed by atoms with Crippen LogP contribution in [0.25, 0.3) is 0 Å². The molecule has 23 heavy (non-hydrogen) atoms. The molecular formula is C18H15N3O2. The van der Waals surface area contributed by atoms with Gasteiger partial charge in [0.15, 0.2) is 0 Å². The lowest BCUT2D eigenvalue weighted by Gasteiger charge is -2.08. The maximum absolute atomic E-state index is 8.70. The molecule has 0 spiro atoms. The van der Waals surface area contributed by atoms with Gasteiger partial charge >= 0.3 is 0 Å². The fraction of sp³-hybridized carbons (Fsp3) is 0.111. The second kappa shape index (κ2) is 8.11. The molecule has 1 N–H and O–H groups in total. The Hall–Kier alpha value is -3.44. The first-order valence-corrected chi connectivity index (χ1v) is 6.88. The molecule has 0 bridgehead atoms. The molecule has 0 heterocycles. The summed E-state index contributed by atoms with van der Waals surface area (Å²) in [4.78, 5) is 0. The average molecular weight is 305 g/mol. The highest BCUT2D eigenvalue weighted by Crippen LogP contribution is 2.19. The van der Waals surface area contributed by atoms with Crippen LogP contribution in [0.4, 0.5) is 5.69 Å². The van der Waals surface area contributed by atoms with Gasteiger partial charge < -0.3 is 14.8 Å². The smallest absolute Gasteiger partial charge is 0.145 e. The third-order valence-corrected chi connectivity index (χ3v) is 3.02. The van der Waals surface area contributed by atoms with E-state index in [4.69, 9.17) is 20.0 Å². The number of nitrogens with one attached hydrogen (secondary N) is 1. The molecule has 2 aromatic rings. The summed E-state index contributed by atoms with van der Waals surface area (Å²) < 4.78 is 10.8. The van der Waals surface area contributed by atoms with E-state index in [-0.39, 0.29) is 5.57 Å². The maximum Gasteiger partial charge on any atom is 0.145 e. The van der Waals surface area contributed by atoms with Gasteiger partial charge in [0.2, 0.25) is 0 Å². The molecule has 0 aliphatic heterocycles. The van der Waals surface area contributed by atoms with Crippen molar-refractivity contribution in [1.82, 2.24) is 0 Å². The number of allylic oxidation sites excluding steroid dienone is 1. The SMILES string of the molecule is COc1ccc(OCc2cccc(NC=C(C#N)C#N)c2)cc1. The molecule has 0 aromatic heterocycles. The Morgan fingerprint density at radius 1 is 1.09 bits per heavy atom. The van der Waals surface area contributed by atoms with Crippen LogP contribution in [-0.4, -0.2) is 7.11 Å². The quantitative estimate of drug-likeness (QED) is 0.825. The van der Waals surface area contributed by atoms with Gasteiger partial charge in [0, 0.05) is 11.9 Å². The summed E-state index contributed by atoms with van der Waals surface area (Å²) in [6.07, 6.45) is 1.38. The number of ether oxygens (including phenoxy) is 2. The van der Waals surface area contributed by atoms with Crippen LogP contribution in [-0.2, 0) is 6.61 Å². The molecule has 0 saturated carbocycles. The zero-order valence-electron chi connectivity index (χ0n) is 12.6. The molecule has 0 unspecified atom stereocenters. The maximum atomic E-state index is 8.70. The molecule has 2 aromatic carbocycles. The summed E-state index contributed by atoms with van der Waals surface area (Å²) in [6, 6.07) is 18.5. The van der Waals surface area contributed by atoms with Crippen LogP contribution in [0, 0.1) is 22.7 Å². The van der Waals surface area contributed by atoms with Crippen LogP contribution in [0.2, 0.25) is 0 Å². The van der Waals surface area contributed by atoms with Gasteiger partial charge in [0.1, 0.15) is 35.8 Å². The van der Waals surface area contributed by atoms with E-state index in [0.717, 1.165) is 22.7 Å². The number of hydrogen-bond donors (Lipinski definition) is 1.